The fraction of sp³-hybridized carbons (Fsp3) is 0.400. The van der Waals surface area contributed by atoms with E-state index in [2.05, 4.69) is 10.6 Å². The van der Waals surface area contributed by atoms with Gasteiger partial charge in [-0.05, 0) is 31.0 Å². The Hall–Kier alpha value is -1.59. The van der Waals surface area contributed by atoms with Gasteiger partial charge in [0.15, 0.2) is 0 Å². The summed E-state index contributed by atoms with van der Waals surface area (Å²) in [5.41, 5.74) is 0.728. The fourth-order valence-corrected chi connectivity index (χ4v) is 2.48. The summed E-state index contributed by atoms with van der Waals surface area (Å²) in [6.07, 6.45) is 4.47. The maximum absolute atomic E-state index is 13.1. The summed E-state index contributed by atoms with van der Waals surface area (Å²) < 4.78 is 13.1. The normalized spacial score (nSPS) is 22.1. The molecule has 2 amide bonds. The van der Waals surface area contributed by atoms with Crippen molar-refractivity contribution in [1.29, 1.82) is 0 Å². The first-order valence-corrected chi connectivity index (χ1v) is 7.18. The molecule has 0 bridgehead atoms. The van der Waals surface area contributed by atoms with E-state index < -0.39 is 5.82 Å². The number of aliphatic hydroxyl groups is 1. The van der Waals surface area contributed by atoms with Crippen LogP contribution in [0.3, 0.4) is 0 Å². The van der Waals surface area contributed by atoms with E-state index in [0.29, 0.717) is 6.42 Å². The lowest BCUT2D eigenvalue weighted by Gasteiger charge is -2.18. The number of carbonyl (C=O) groups excluding carboxylic acids is 1. The quantitative estimate of drug-likeness (QED) is 0.749. The van der Waals surface area contributed by atoms with Crippen molar-refractivity contribution in [2.75, 3.05) is 6.61 Å². The molecule has 3 atom stereocenters. The standard InChI is InChI=1S/C15H18ClFN2O2/c1-9(11-3-5-14(17)13(16)7-11)18-15(21)19-12-4-2-10(6-12)8-20/h2-5,7,9-10,12,20H,6,8H2,1H3,(H2,18,19,21)/t9?,10-,12+/m0/s1. The van der Waals surface area contributed by atoms with Crippen molar-refractivity contribution in [3.8, 4) is 0 Å². The maximum Gasteiger partial charge on any atom is 0.315 e. The topological polar surface area (TPSA) is 61.4 Å². The van der Waals surface area contributed by atoms with Gasteiger partial charge in [-0.3, -0.25) is 0 Å². The molecule has 1 aromatic rings. The van der Waals surface area contributed by atoms with Gasteiger partial charge in [-0.25, -0.2) is 9.18 Å². The van der Waals surface area contributed by atoms with Gasteiger partial charge in [-0.2, -0.15) is 0 Å². The molecule has 0 heterocycles. The molecule has 1 aliphatic rings. The number of hydrogen-bond donors (Lipinski definition) is 3. The largest absolute Gasteiger partial charge is 0.396 e. The molecule has 0 radical (unpaired) electrons. The first-order chi connectivity index (χ1) is 9.99. The van der Waals surface area contributed by atoms with Crippen LogP contribution in [0.2, 0.25) is 5.02 Å². The molecule has 3 N–H and O–H groups in total. The highest BCUT2D eigenvalue weighted by molar-refractivity contribution is 6.30. The Kier molecular flexibility index (Phi) is 5.20. The fourth-order valence-electron chi connectivity index (χ4n) is 2.29. The molecule has 1 aliphatic carbocycles. The van der Waals surface area contributed by atoms with E-state index in [1.54, 1.807) is 13.0 Å². The Morgan fingerprint density at radius 3 is 2.90 bits per heavy atom. The van der Waals surface area contributed by atoms with Crippen molar-refractivity contribution in [3.05, 3.63) is 46.8 Å². The van der Waals surface area contributed by atoms with Gasteiger partial charge in [0, 0.05) is 18.6 Å². The first-order valence-electron chi connectivity index (χ1n) is 6.80. The third-order valence-electron chi connectivity index (χ3n) is 3.51. The number of amides is 2. The minimum Gasteiger partial charge on any atom is -0.396 e. The number of rotatable bonds is 4. The summed E-state index contributed by atoms with van der Waals surface area (Å²) in [6.45, 7) is 1.88. The predicted octanol–water partition coefficient (Wildman–Crippen LogP) is 2.78. The predicted molar refractivity (Wildman–Crippen MR) is 79.6 cm³/mol. The maximum atomic E-state index is 13.1. The van der Waals surface area contributed by atoms with Gasteiger partial charge >= 0.3 is 6.03 Å². The molecule has 0 saturated heterocycles. The van der Waals surface area contributed by atoms with Crippen molar-refractivity contribution in [3.63, 3.8) is 0 Å². The van der Waals surface area contributed by atoms with Crippen LogP contribution in [-0.4, -0.2) is 23.8 Å². The van der Waals surface area contributed by atoms with Crippen molar-refractivity contribution < 1.29 is 14.3 Å². The van der Waals surface area contributed by atoms with Crippen LogP contribution in [0, 0.1) is 11.7 Å². The minimum atomic E-state index is -0.483. The summed E-state index contributed by atoms with van der Waals surface area (Å²) in [6, 6.07) is 3.69. The van der Waals surface area contributed by atoms with Crippen molar-refractivity contribution in [1.82, 2.24) is 10.6 Å². The average Bonchev–Trinajstić information content (AvgIpc) is 2.89. The van der Waals surface area contributed by atoms with Crippen LogP contribution < -0.4 is 10.6 Å². The van der Waals surface area contributed by atoms with Crippen LogP contribution in [0.25, 0.3) is 0 Å². The average molecular weight is 313 g/mol. The van der Waals surface area contributed by atoms with Crippen LogP contribution in [0.15, 0.2) is 30.4 Å². The monoisotopic (exact) mass is 312 g/mol. The van der Waals surface area contributed by atoms with Gasteiger partial charge in [0.2, 0.25) is 0 Å². The van der Waals surface area contributed by atoms with Gasteiger partial charge < -0.3 is 15.7 Å². The van der Waals surface area contributed by atoms with Crippen LogP contribution in [-0.2, 0) is 0 Å². The lowest BCUT2D eigenvalue weighted by Crippen LogP contribution is -2.41. The minimum absolute atomic E-state index is 0.0334. The molecule has 21 heavy (non-hydrogen) atoms. The van der Waals surface area contributed by atoms with Crippen molar-refractivity contribution in [2.24, 2.45) is 5.92 Å². The number of benzene rings is 1. The Morgan fingerprint density at radius 2 is 2.29 bits per heavy atom. The molecule has 114 valence electrons. The summed E-state index contributed by atoms with van der Waals surface area (Å²) in [5.74, 6) is -0.383. The molecule has 2 rings (SSSR count). The summed E-state index contributed by atoms with van der Waals surface area (Å²) in [5, 5.41) is 14.7. The SMILES string of the molecule is CC(NC(=O)N[C@@H]1C=C[C@H](CO)C1)c1ccc(F)c(Cl)c1. The van der Waals surface area contributed by atoms with E-state index in [9.17, 15) is 9.18 Å². The van der Waals surface area contributed by atoms with Gasteiger partial charge in [0.1, 0.15) is 5.82 Å². The van der Waals surface area contributed by atoms with Gasteiger partial charge in [-0.15, -0.1) is 0 Å². The number of nitrogens with one attached hydrogen (secondary N) is 2. The Labute approximate surface area is 128 Å². The lowest BCUT2D eigenvalue weighted by molar-refractivity contribution is 0.229. The lowest BCUT2D eigenvalue weighted by atomic mass is 10.1. The van der Waals surface area contributed by atoms with E-state index in [1.165, 1.54) is 12.1 Å². The molecule has 1 unspecified atom stereocenters. The van der Waals surface area contributed by atoms with Crippen LogP contribution in [0.1, 0.15) is 24.9 Å². The smallest absolute Gasteiger partial charge is 0.315 e. The third kappa shape index (κ3) is 4.19. The molecular weight excluding hydrogens is 295 g/mol. The second-order valence-corrected chi connectivity index (χ2v) is 5.59. The molecule has 6 heteroatoms. The molecule has 0 aromatic heterocycles. The zero-order valence-electron chi connectivity index (χ0n) is 11.6. The highest BCUT2D eigenvalue weighted by Gasteiger charge is 2.20. The number of aliphatic hydroxyl groups excluding tert-OH is 1. The van der Waals surface area contributed by atoms with Gasteiger partial charge in [0.25, 0.3) is 0 Å². The molecule has 1 aromatic carbocycles. The zero-order chi connectivity index (χ0) is 15.4. The number of halogens is 2. The van der Waals surface area contributed by atoms with Gasteiger partial charge in [-0.1, -0.05) is 29.8 Å². The van der Waals surface area contributed by atoms with E-state index in [1.807, 2.05) is 12.2 Å². The third-order valence-corrected chi connectivity index (χ3v) is 3.80. The molecule has 0 aliphatic heterocycles. The molecular formula is C15H18ClFN2O2. The van der Waals surface area contributed by atoms with Crippen LogP contribution >= 0.6 is 11.6 Å². The van der Waals surface area contributed by atoms with E-state index >= 15 is 0 Å². The highest BCUT2D eigenvalue weighted by atomic mass is 35.5. The summed E-state index contributed by atoms with van der Waals surface area (Å²) in [7, 11) is 0. The second-order valence-electron chi connectivity index (χ2n) is 5.18. The molecule has 0 fully saturated rings. The van der Waals surface area contributed by atoms with Crippen molar-refractivity contribution >= 4 is 17.6 Å². The van der Waals surface area contributed by atoms with E-state index in [-0.39, 0.29) is 35.7 Å². The summed E-state index contributed by atoms with van der Waals surface area (Å²) >= 11 is 5.73. The number of carbonyl (C=O) groups is 1. The van der Waals surface area contributed by atoms with Crippen LogP contribution in [0.5, 0.6) is 0 Å². The first kappa shape index (κ1) is 15.8. The number of urea groups is 1. The molecule has 0 spiro atoms. The van der Waals surface area contributed by atoms with E-state index in [4.69, 9.17) is 16.7 Å². The highest BCUT2D eigenvalue weighted by Crippen LogP contribution is 2.21. The Bertz CT molecular complexity index is 550. The number of hydrogen-bond acceptors (Lipinski definition) is 2. The Morgan fingerprint density at radius 1 is 1.52 bits per heavy atom. The molecule has 4 nitrogen and oxygen atoms in total. The van der Waals surface area contributed by atoms with Gasteiger partial charge in [0.05, 0.1) is 11.1 Å². The summed E-state index contributed by atoms with van der Waals surface area (Å²) in [4.78, 5) is 11.9. The Balaban J connectivity index is 1.87. The zero-order valence-corrected chi connectivity index (χ0v) is 12.4. The van der Waals surface area contributed by atoms with E-state index in [0.717, 1.165) is 5.56 Å². The van der Waals surface area contributed by atoms with Crippen LogP contribution in [0.4, 0.5) is 9.18 Å². The second kappa shape index (κ2) is 6.91. The van der Waals surface area contributed by atoms with Crippen molar-refractivity contribution in [2.45, 2.75) is 25.4 Å². The molecule has 0 saturated carbocycles.